The molecule has 0 unspecified atom stereocenters. The van der Waals surface area contributed by atoms with E-state index < -0.39 is 5.91 Å². The van der Waals surface area contributed by atoms with Gasteiger partial charge in [-0.1, -0.05) is 40.0 Å². The summed E-state index contributed by atoms with van der Waals surface area (Å²) in [7, 11) is 0. The molecular formula is C16H15Cl3N4O4. The van der Waals surface area contributed by atoms with Crippen LogP contribution in [0.25, 0.3) is 0 Å². The van der Waals surface area contributed by atoms with Crippen molar-refractivity contribution in [2.75, 3.05) is 19.7 Å². The van der Waals surface area contributed by atoms with Gasteiger partial charge in [0.05, 0.1) is 15.1 Å². The van der Waals surface area contributed by atoms with Gasteiger partial charge in [0.1, 0.15) is 5.75 Å². The molecule has 1 fully saturated rings. The highest BCUT2D eigenvalue weighted by Crippen LogP contribution is 2.38. The molecular weight excluding hydrogens is 419 g/mol. The lowest BCUT2D eigenvalue weighted by molar-refractivity contribution is -0.123. The maximum absolute atomic E-state index is 11.9. The van der Waals surface area contributed by atoms with E-state index in [1.54, 1.807) is 0 Å². The summed E-state index contributed by atoms with van der Waals surface area (Å²) in [5.74, 6) is 0.158. The van der Waals surface area contributed by atoms with Crippen LogP contribution in [-0.4, -0.2) is 41.7 Å². The standard InChI is InChI=1S/C16H15Cl3N4O4/c17-9-5-11(19)12(6-10(9)18)26-7-13(24)20-3-4-21-15(25)16-22-14(23-27-16)8-1-2-8/h5-6,8H,1-4,7H2,(H,20,24)(H,21,25). The third kappa shape index (κ3) is 5.47. The predicted molar refractivity (Wildman–Crippen MR) is 98.6 cm³/mol. The largest absolute Gasteiger partial charge is 0.482 e. The minimum absolute atomic E-state index is 0.0826. The van der Waals surface area contributed by atoms with E-state index in [-0.39, 0.29) is 47.3 Å². The van der Waals surface area contributed by atoms with Gasteiger partial charge in [0, 0.05) is 25.1 Å². The number of halogens is 3. The molecule has 0 bridgehead atoms. The molecule has 1 heterocycles. The topological polar surface area (TPSA) is 106 Å². The zero-order chi connectivity index (χ0) is 19.4. The maximum atomic E-state index is 11.9. The molecule has 8 nitrogen and oxygen atoms in total. The molecule has 0 atom stereocenters. The summed E-state index contributed by atoms with van der Waals surface area (Å²) in [4.78, 5) is 27.7. The van der Waals surface area contributed by atoms with Crippen molar-refractivity contribution < 1.29 is 18.8 Å². The summed E-state index contributed by atoms with van der Waals surface area (Å²) in [5, 5.41) is 9.74. The normalized spacial score (nSPS) is 13.3. The smallest absolute Gasteiger partial charge is 0.315 e. The van der Waals surface area contributed by atoms with Crippen LogP contribution in [0.2, 0.25) is 15.1 Å². The molecule has 144 valence electrons. The number of benzene rings is 1. The van der Waals surface area contributed by atoms with E-state index >= 15 is 0 Å². The van der Waals surface area contributed by atoms with Crippen LogP contribution in [0.4, 0.5) is 0 Å². The van der Waals surface area contributed by atoms with Crippen LogP contribution in [0.1, 0.15) is 35.3 Å². The summed E-state index contributed by atoms with van der Waals surface area (Å²) in [6, 6.07) is 2.86. The van der Waals surface area contributed by atoms with Crippen LogP contribution in [0, 0.1) is 0 Å². The summed E-state index contributed by atoms with van der Waals surface area (Å²) < 4.78 is 10.2. The van der Waals surface area contributed by atoms with Crippen molar-refractivity contribution in [3.63, 3.8) is 0 Å². The Kier molecular flexibility index (Phi) is 6.41. The van der Waals surface area contributed by atoms with Crippen molar-refractivity contribution in [1.29, 1.82) is 0 Å². The van der Waals surface area contributed by atoms with Gasteiger partial charge in [-0.2, -0.15) is 4.98 Å². The maximum Gasteiger partial charge on any atom is 0.315 e. The zero-order valence-electron chi connectivity index (χ0n) is 13.9. The number of amides is 2. The van der Waals surface area contributed by atoms with E-state index in [2.05, 4.69) is 20.8 Å². The second-order valence-electron chi connectivity index (χ2n) is 5.82. The molecule has 2 amide bonds. The van der Waals surface area contributed by atoms with Crippen molar-refractivity contribution in [2.45, 2.75) is 18.8 Å². The Morgan fingerprint density at radius 2 is 1.81 bits per heavy atom. The molecule has 11 heteroatoms. The second-order valence-corrected chi connectivity index (χ2v) is 7.04. The average molecular weight is 434 g/mol. The molecule has 1 aromatic heterocycles. The van der Waals surface area contributed by atoms with E-state index in [9.17, 15) is 9.59 Å². The molecule has 2 N–H and O–H groups in total. The molecule has 3 rings (SSSR count). The Bertz CT molecular complexity index is 854. The summed E-state index contributed by atoms with van der Waals surface area (Å²) in [5.41, 5.74) is 0. The monoisotopic (exact) mass is 432 g/mol. The van der Waals surface area contributed by atoms with E-state index in [1.807, 2.05) is 0 Å². The van der Waals surface area contributed by atoms with Gasteiger partial charge in [0.25, 0.3) is 5.91 Å². The number of carbonyl (C=O) groups is 2. The Balaban J connectivity index is 1.35. The first-order valence-electron chi connectivity index (χ1n) is 8.10. The quantitative estimate of drug-likeness (QED) is 0.490. The van der Waals surface area contributed by atoms with Crippen LogP contribution in [-0.2, 0) is 4.79 Å². The molecule has 1 aliphatic carbocycles. The third-order valence-corrected chi connectivity index (χ3v) is 4.66. The van der Waals surface area contributed by atoms with E-state index in [0.29, 0.717) is 16.8 Å². The predicted octanol–water partition coefficient (Wildman–Crippen LogP) is 2.83. The van der Waals surface area contributed by atoms with Crippen LogP contribution >= 0.6 is 34.8 Å². The third-order valence-electron chi connectivity index (χ3n) is 3.64. The number of rotatable bonds is 8. The van der Waals surface area contributed by atoms with Gasteiger partial charge in [0.2, 0.25) is 0 Å². The van der Waals surface area contributed by atoms with Gasteiger partial charge in [-0.05, 0) is 18.9 Å². The number of aromatic nitrogens is 2. The lowest BCUT2D eigenvalue weighted by Gasteiger charge is -2.10. The van der Waals surface area contributed by atoms with Crippen LogP contribution < -0.4 is 15.4 Å². The van der Waals surface area contributed by atoms with Crippen LogP contribution in [0.15, 0.2) is 16.7 Å². The second kappa shape index (κ2) is 8.77. The highest BCUT2D eigenvalue weighted by atomic mass is 35.5. The minimum Gasteiger partial charge on any atom is -0.482 e. The van der Waals surface area contributed by atoms with E-state index in [4.69, 9.17) is 44.1 Å². The Morgan fingerprint density at radius 1 is 1.11 bits per heavy atom. The zero-order valence-corrected chi connectivity index (χ0v) is 16.2. The first-order valence-corrected chi connectivity index (χ1v) is 9.23. The fourth-order valence-electron chi connectivity index (χ4n) is 2.10. The number of hydrogen-bond donors (Lipinski definition) is 2. The number of nitrogens with one attached hydrogen (secondary N) is 2. The lowest BCUT2D eigenvalue weighted by atomic mass is 10.3. The van der Waals surface area contributed by atoms with Gasteiger partial charge in [-0.25, -0.2) is 0 Å². The summed E-state index contributed by atoms with van der Waals surface area (Å²) in [6.07, 6.45) is 2.03. The molecule has 0 saturated heterocycles. The van der Waals surface area contributed by atoms with Crippen molar-refractivity contribution >= 4 is 46.6 Å². The molecule has 1 aromatic carbocycles. The van der Waals surface area contributed by atoms with Gasteiger partial charge in [-0.3, -0.25) is 9.59 Å². The van der Waals surface area contributed by atoms with E-state index in [1.165, 1.54) is 12.1 Å². The van der Waals surface area contributed by atoms with Crippen molar-refractivity contribution in [3.8, 4) is 5.75 Å². The first-order chi connectivity index (χ1) is 12.9. The van der Waals surface area contributed by atoms with Crippen molar-refractivity contribution in [1.82, 2.24) is 20.8 Å². The van der Waals surface area contributed by atoms with Crippen LogP contribution in [0.5, 0.6) is 5.75 Å². The molecule has 0 spiro atoms. The van der Waals surface area contributed by atoms with Crippen molar-refractivity contribution in [2.24, 2.45) is 0 Å². The molecule has 2 aromatic rings. The number of carbonyl (C=O) groups excluding carboxylic acids is 2. The minimum atomic E-state index is -0.484. The first kappa shape index (κ1) is 19.7. The number of ether oxygens (including phenoxy) is 1. The number of nitrogens with zero attached hydrogens (tertiary/aromatic N) is 2. The highest BCUT2D eigenvalue weighted by molar-refractivity contribution is 6.43. The Labute approximate surface area is 169 Å². The molecule has 0 radical (unpaired) electrons. The fraction of sp³-hybridized carbons (Fsp3) is 0.375. The highest BCUT2D eigenvalue weighted by Gasteiger charge is 2.29. The SMILES string of the molecule is O=C(COc1cc(Cl)c(Cl)cc1Cl)NCCNC(=O)c1nc(C2CC2)no1. The van der Waals surface area contributed by atoms with Gasteiger partial charge in [-0.15, -0.1) is 0 Å². The average Bonchev–Trinajstić information content (AvgIpc) is 3.37. The Morgan fingerprint density at radius 3 is 2.56 bits per heavy atom. The number of hydrogen-bond acceptors (Lipinski definition) is 6. The fourth-order valence-corrected chi connectivity index (χ4v) is 2.69. The van der Waals surface area contributed by atoms with Gasteiger partial charge < -0.3 is 19.9 Å². The lowest BCUT2D eigenvalue weighted by Crippen LogP contribution is -2.36. The summed E-state index contributed by atoms with van der Waals surface area (Å²) >= 11 is 17.7. The van der Waals surface area contributed by atoms with Gasteiger partial charge >= 0.3 is 11.8 Å². The van der Waals surface area contributed by atoms with Crippen LogP contribution in [0.3, 0.4) is 0 Å². The van der Waals surface area contributed by atoms with E-state index in [0.717, 1.165) is 12.8 Å². The molecule has 27 heavy (non-hydrogen) atoms. The Hall–Kier alpha value is -2.03. The molecule has 1 aliphatic rings. The molecule has 1 saturated carbocycles. The molecule has 0 aliphatic heterocycles. The van der Waals surface area contributed by atoms with Gasteiger partial charge in [0.15, 0.2) is 12.4 Å². The summed E-state index contributed by atoms with van der Waals surface area (Å²) in [6.45, 7) is 0.131. The van der Waals surface area contributed by atoms with Crippen molar-refractivity contribution in [3.05, 3.63) is 38.9 Å².